The van der Waals surface area contributed by atoms with E-state index in [1.165, 1.54) is 12.4 Å². The van der Waals surface area contributed by atoms with Crippen molar-refractivity contribution in [2.75, 3.05) is 5.32 Å². The highest BCUT2D eigenvalue weighted by molar-refractivity contribution is 6.17. The number of azo groups is 1. The van der Waals surface area contributed by atoms with Crippen LogP contribution in [-0.4, -0.2) is 36.7 Å². The largest absolute Gasteiger partial charge is 0.505 e. The molecule has 0 aliphatic heterocycles. The molecule has 11 nitrogen and oxygen atoms in total. The predicted molar refractivity (Wildman–Crippen MR) is 129 cm³/mol. The minimum absolute atomic E-state index is 0.0234. The molecular formula is C24H18N8O3. The van der Waals surface area contributed by atoms with E-state index in [0.29, 0.717) is 21.8 Å². The molecule has 0 saturated carbocycles. The molecule has 172 valence electrons. The van der Waals surface area contributed by atoms with E-state index in [0.717, 1.165) is 0 Å². The Balaban J connectivity index is 1.61. The highest BCUT2D eigenvalue weighted by Gasteiger charge is 2.21. The molecule has 0 saturated heterocycles. The lowest BCUT2D eigenvalue weighted by molar-refractivity contribution is 0.100. The lowest BCUT2D eigenvalue weighted by Gasteiger charge is -2.13. The van der Waals surface area contributed by atoms with Crippen molar-refractivity contribution in [3.8, 4) is 5.75 Å². The van der Waals surface area contributed by atoms with Gasteiger partial charge in [-0.25, -0.2) is 9.97 Å². The molecule has 2 heterocycles. The molecule has 5 aromatic rings. The number of nitrogens with zero attached hydrogens (tertiary/aromatic N) is 6. The smallest absolute Gasteiger partial charge is 0.260 e. The number of para-hydroxylation sites is 1. The Morgan fingerprint density at radius 2 is 1.83 bits per heavy atom. The molecule has 0 bridgehead atoms. The molecular weight excluding hydrogens is 448 g/mol. The number of phenolic OH excluding ortho intramolecular Hbond substituents is 1. The van der Waals surface area contributed by atoms with Crippen LogP contribution in [0.5, 0.6) is 5.75 Å². The number of aryl methyl sites for hydroxylation is 1. The number of nitrogens with two attached hydrogens (primary N) is 1. The Hall–Kier alpha value is -5.19. The summed E-state index contributed by atoms with van der Waals surface area (Å²) >= 11 is 0. The zero-order valence-corrected chi connectivity index (χ0v) is 18.4. The van der Waals surface area contributed by atoms with Gasteiger partial charge in [-0.15, -0.1) is 10.2 Å². The van der Waals surface area contributed by atoms with Gasteiger partial charge in [0.05, 0.1) is 23.0 Å². The summed E-state index contributed by atoms with van der Waals surface area (Å²) in [6, 6.07) is 15.0. The fourth-order valence-electron chi connectivity index (χ4n) is 3.78. The third kappa shape index (κ3) is 3.91. The van der Waals surface area contributed by atoms with Crippen molar-refractivity contribution in [1.82, 2.24) is 19.7 Å². The maximum absolute atomic E-state index is 13.3. The second-order valence-electron chi connectivity index (χ2n) is 7.60. The molecule has 0 spiro atoms. The number of carbonyl (C=O) groups excluding carboxylic acids is 2. The van der Waals surface area contributed by atoms with Crippen molar-refractivity contribution < 1.29 is 14.7 Å². The van der Waals surface area contributed by atoms with Gasteiger partial charge in [-0.1, -0.05) is 36.4 Å². The van der Waals surface area contributed by atoms with Gasteiger partial charge in [-0.05, 0) is 29.0 Å². The van der Waals surface area contributed by atoms with Gasteiger partial charge in [-0.2, -0.15) is 5.10 Å². The van der Waals surface area contributed by atoms with E-state index in [9.17, 15) is 14.7 Å². The normalized spacial score (nSPS) is 11.3. The fourth-order valence-corrected chi connectivity index (χ4v) is 3.78. The van der Waals surface area contributed by atoms with Crippen LogP contribution in [0.15, 0.2) is 77.3 Å². The van der Waals surface area contributed by atoms with Gasteiger partial charge < -0.3 is 16.2 Å². The van der Waals surface area contributed by atoms with Crippen LogP contribution in [0.4, 0.5) is 17.2 Å². The average molecular weight is 466 g/mol. The number of primary amides is 1. The van der Waals surface area contributed by atoms with E-state index in [2.05, 4.69) is 30.6 Å². The maximum Gasteiger partial charge on any atom is 0.260 e. The number of hydrogen-bond acceptors (Lipinski definition) is 8. The SMILES string of the molecule is Cn1ncc2ncnc(N=Nc3cc4ccccc4c(C(=O)Nc4ccccc4C(N)=O)c3O)c21. The molecule has 5 rings (SSSR count). The number of benzene rings is 3. The fraction of sp³-hybridized carbons (Fsp3) is 0.0417. The van der Waals surface area contributed by atoms with Crippen LogP contribution >= 0.6 is 0 Å². The van der Waals surface area contributed by atoms with E-state index >= 15 is 0 Å². The molecule has 2 amide bonds. The molecule has 0 radical (unpaired) electrons. The zero-order valence-electron chi connectivity index (χ0n) is 18.4. The number of phenols is 1. The second-order valence-corrected chi connectivity index (χ2v) is 7.60. The Kier molecular flexibility index (Phi) is 5.34. The van der Waals surface area contributed by atoms with Crippen LogP contribution in [0, 0.1) is 0 Å². The quantitative estimate of drug-likeness (QED) is 0.332. The minimum atomic E-state index is -0.691. The molecule has 3 aromatic carbocycles. The molecule has 4 N–H and O–H groups in total. The first-order valence-corrected chi connectivity index (χ1v) is 10.4. The number of anilines is 1. The van der Waals surface area contributed by atoms with Crippen LogP contribution in [0.2, 0.25) is 0 Å². The Bertz CT molecular complexity index is 1660. The first-order valence-electron chi connectivity index (χ1n) is 10.4. The molecule has 11 heteroatoms. The summed E-state index contributed by atoms with van der Waals surface area (Å²) in [6.45, 7) is 0. The van der Waals surface area contributed by atoms with Crippen LogP contribution in [-0.2, 0) is 7.05 Å². The number of rotatable bonds is 5. The standard InChI is InChI=1S/C24H18N8O3/c1-32-20-18(11-28-32)26-12-27-23(20)31-30-17-10-13-6-2-3-7-14(13)19(21(17)33)24(35)29-16-9-5-4-8-15(16)22(25)34/h2-12,33H,1H3,(H2,25,34)(H,29,35). The Labute approximate surface area is 198 Å². The number of aromatic hydroxyl groups is 1. The van der Waals surface area contributed by atoms with Gasteiger partial charge in [0.2, 0.25) is 5.82 Å². The summed E-state index contributed by atoms with van der Waals surface area (Å²) in [7, 11) is 1.73. The van der Waals surface area contributed by atoms with Crippen molar-refractivity contribution in [3.63, 3.8) is 0 Å². The monoisotopic (exact) mass is 466 g/mol. The predicted octanol–water partition coefficient (Wildman–Crippen LogP) is 3.99. The van der Waals surface area contributed by atoms with Crippen molar-refractivity contribution in [3.05, 3.63) is 78.2 Å². The summed E-state index contributed by atoms with van der Waals surface area (Å²) in [4.78, 5) is 33.4. The Morgan fingerprint density at radius 3 is 2.66 bits per heavy atom. The van der Waals surface area contributed by atoms with E-state index < -0.39 is 11.8 Å². The summed E-state index contributed by atoms with van der Waals surface area (Å²) < 4.78 is 1.57. The number of hydrogen-bond donors (Lipinski definition) is 3. The molecule has 0 unspecified atom stereocenters. The Morgan fingerprint density at radius 1 is 1.06 bits per heavy atom. The van der Waals surface area contributed by atoms with Gasteiger partial charge in [0.1, 0.15) is 23.0 Å². The van der Waals surface area contributed by atoms with Crippen molar-refractivity contribution in [2.24, 2.45) is 23.0 Å². The van der Waals surface area contributed by atoms with E-state index in [1.807, 2.05) is 0 Å². The van der Waals surface area contributed by atoms with E-state index in [-0.39, 0.29) is 34.1 Å². The zero-order chi connectivity index (χ0) is 24.5. The number of fused-ring (bicyclic) bond motifs is 2. The van der Waals surface area contributed by atoms with Crippen molar-refractivity contribution in [2.45, 2.75) is 0 Å². The number of carbonyl (C=O) groups is 2. The molecule has 0 atom stereocenters. The van der Waals surface area contributed by atoms with Crippen LogP contribution in [0.25, 0.3) is 21.8 Å². The number of aromatic nitrogens is 4. The number of amides is 2. The highest BCUT2D eigenvalue weighted by atomic mass is 16.3. The molecule has 0 aliphatic carbocycles. The van der Waals surface area contributed by atoms with E-state index in [4.69, 9.17) is 5.73 Å². The summed E-state index contributed by atoms with van der Waals surface area (Å²) in [5, 5.41) is 27.4. The lowest BCUT2D eigenvalue weighted by atomic mass is 10.0. The van der Waals surface area contributed by atoms with E-state index in [1.54, 1.807) is 66.5 Å². The molecule has 35 heavy (non-hydrogen) atoms. The maximum atomic E-state index is 13.3. The van der Waals surface area contributed by atoms with Gasteiger partial charge in [0.25, 0.3) is 11.8 Å². The minimum Gasteiger partial charge on any atom is -0.505 e. The average Bonchev–Trinajstić information content (AvgIpc) is 3.24. The van der Waals surface area contributed by atoms with Crippen LogP contribution in [0.1, 0.15) is 20.7 Å². The van der Waals surface area contributed by atoms with Crippen LogP contribution < -0.4 is 11.1 Å². The van der Waals surface area contributed by atoms with Crippen molar-refractivity contribution >= 4 is 50.8 Å². The third-order valence-corrected chi connectivity index (χ3v) is 5.43. The summed E-state index contributed by atoms with van der Waals surface area (Å²) in [6.07, 6.45) is 2.92. The van der Waals surface area contributed by atoms with Gasteiger partial charge in [-0.3, -0.25) is 14.3 Å². The summed E-state index contributed by atoms with van der Waals surface area (Å²) in [5.41, 5.74) is 6.99. The van der Waals surface area contributed by atoms with Gasteiger partial charge in [0.15, 0.2) is 5.75 Å². The molecule has 2 aromatic heterocycles. The van der Waals surface area contributed by atoms with Gasteiger partial charge in [0, 0.05) is 7.05 Å². The first kappa shape index (κ1) is 21.6. The molecule has 0 aliphatic rings. The topological polar surface area (TPSA) is 161 Å². The summed E-state index contributed by atoms with van der Waals surface area (Å²) in [5.74, 6) is -1.45. The lowest BCUT2D eigenvalue weighted by Crippen LogP contribution is -2.18. The first-order chi connectivity index (χ1) is 16.9. The van der Waals surface area contributed by atoms with Crippen molar-refractivity contribution in [1.29, 1.82) is 0 Å². The van der Waals surface area contributed by atoms with Crippen LogP contribution in [0.3, 0.4) is 0 Å². The number of nitrogens with one attached hydrogen (secondary N) is 1. The molecule has 0 fully saturated rings. The third-order valence-electron chi connectivity index (χ3n) is 5.43. The van der Waals surface area contributed by atoms with Gasteiger partial charge >= 0.3 is 0 Å². The highest BCUT2D eigenvalue weighted by Crippen LogP contribution is 2.38. The second kappa shape index (κ2) is 8.63.